The van der Waals surface area contributed by atoms with Gasteiger partial charge in [0.2, 0.25) is 0 Å². The van der Waals surface area contributed by atoms with Gasteiger partial charge in [-0.25, -0.2) is 0 Å². The van der Waals surface area contributed by atoms with E-state index in [2.05, 4.69) is 18.7 Å². The van der Waals surface area contributed by atoms with E-state index in [1.165, 1.54) is 0 Å². The summed E-state index contributed by atoms with van der Waals surface area (Å²) in [6, 6.07) is 0. The second-order valence-corrected chi connectivity index (χ2v) is 5.35. The Morgan fingerprint density at radius 3 is 1.80 bits per heavy atom. The van der Waals surface area contributed by atoms with Gasteiger partial charge in [0.1, 0.15) is 0 Å². The maximum Gasteiger partial charge on any atom is 0.0718 e. The van der Waals surface area contributed by atoms with Gasteiger partial charge in [0.15, 0.2) is 0 Å². The standard InChI is InChI=1S/C12H27NO2/c1-6-12(7-2,10-14)9-13(5)8-11(3,4)15/h14-15H,6-10H2,1-5H3. The van der Waals surface area contributed by atoms with Gasteiger partial charge in [-0.1, -0.05) is 13.8 Å². The molecule has 0 atom stereocenters. The molecule has 0 rings (SSSR count). The van der Waals surface area contributed by atoms with Crippen LogP contribution in [-0.4, -0.2) is 47.5 Å². The number of hydrogen-bond donors (Lipinski definition) is 2. The van der Waals surface area contributed by atoms with Gasteiger partial charge in [-0.3, -0.25) is 0 Å². The van der Waals surface area contributed by atoms with E-state index < -0.39 is 5.60 Å². The molecular weight excluding hydrogens is 190 g/mol. The summed E-state index contributed by atoms with van der Waals surface area (Å²) in [4.78, 5) is 2.10. The lowest BCUT2D eigenvalue weighted by atomic mass is 9.82. The third kappa shape index (κ3) is 5.50. The molecule has 0 heterocycles. The van der Waals surface area contributed by atoms with Crippen molar-refractivity contribution in [3.63, 3.8) is 0 Å². The first-order chi connectivity index (χ1) is 6.78. The molecule has 0 aromatic rings. The van der Waals surface area contributed by atoms with Gasteiger partial charge < -0.3 is 15.1 Å². The van der Waals surface area contributed by atoms with Crippen LogP contribution in [-0.2, 0) is 0 Å². The van der Waals surface area contributed by atoms with Crippen LogP contribution >= 0.6 is 0 Å². The monoisotopic (exact) mass is 217 g/mol. The van der Waals surface area contributed by atoms with Crippen molar-refractivity contribution in [2.75, 3.05) is 26.7 Å². The molecule has 0 aliphatic carbocycles. The fraction of sp³-hybridized carbons (Fsp3) is 1.00. The van der Waals surface area contributed by atoms with Crippen molar-refractivity contribution in [3.05, 3.63) is 0 Å². The highest BCUT2D eigenvalue weighted by Crippen LogP contribution is 2.26. The summed E-state index contributed by atoms with van der Waals surface area (Å²) in [6.45, 7) is 9.52. The number of likely N-dealkylation sites (N-methyl/N-ethyl adjacent to an activating group) is 1. The molecule has 3 nitrogen and oxygen atoms in total. The van der Waals surface area contributed by atoms with E-state index in [-0.39, 0.29) is 12.0 Å². The van der Waals surface area contributed by atoms with Crippen molar-refractivity contribution in [2.45, 2.75) is 46.1 Å². The minimum Gasteiger partial charge on any atom is -0.396 e. The van der Waals surface area contributed by atoms with Crippen molar-refractivity contribution < 1.29 is 10.2 Å². The van der Waals surface area contributed by atoms with Crippen LogP contribution in [0.1, 0.15) is 40.5 Å². The van der Waals surface area contributed by atoms with E-state index in [0.717, 1.165) is 19.4 Å². The average Bonchev–Trinajstić information content (AvgIpc) is 2.11. The van der Waals surface area contributed by atoms with E-state index >= 15 is 0 Å². The molecule has 0 saturated carbocycles. The van der Waals surface area contributed by atoms with E-state index in [4.69, 9.17) is 0 Å². The predicted octanol–water partition coefficient (Wildman–Crippen LogP) is 1.49. The topological polar surface area (TPSA) is 43.7 Å². The Morgan fingerprint density at radius 1 is 1.07 bits per heavy atom. The zero-order valence-corrected chi connectivity index (χ0v) is 10.9. The van der Waals surface area contributed by atoms with Gasteiger partial charge in [-0.15, -0.1) is 0 Å². The van der Waals surface area contributed by atoms with Crippen LogP contribution in [0.3, 0.4) is 0 Å². The summed E-state index contributed by atoms with van der Waals surface area (Å²) in [7, 11) is 1.99. The zero-order valence-electron chi connectivity index (χ0n) is 10.9. The molecule has 0 aliphatic heterocycles. The fourth-order valence-electron chi connectivity index (χ4n) is 2.04. The first kappa shape index (κ1) is 14.9. The smallest absolute Gasteiger partial charge is 0.0718 e. The summed E-state index contributed by atoms with van der Waals surface area (Å²) < 4.78 is 0. The van der Waals surface area contributed by atoms with Crippen molar-refractivity contribution in [3.8, 4) is 0 Å². The van der Waals surface area contributed by atoms with Crippen LogP contribution in [0.4, 0.5) is 0 Å². The molecule has 0 unspecified atom stereocenters. The molecule has 0 aromatic carbocycles. The minimum absolute atomic E-state index is 0.0139. The first-order valence-electron chi connectivity index (χ1n) is 5.80. The Bertz CT molecular complexity index is 163. The highest BCUT2D eigenvalue weighted by Gasteiger charge is 2.28. The average molecular weight is 217 g/mol. The number of hydrogen-bond acceptors (Lipinski definition) is 3. The van der Waals surface area contributed by atoms with E-state index in [1.54, 1.807) is 0 Å². The van der Waals surface area contributed by atoms with Crippen molar-refractivity contribution >= 4 is 0 Å². The molecule has 0 fully saturated rings. The zero-order chi connectivity index (χ0) is 12.1. The Kier molecular flexibility index (Phi) is 5.78. The SMILES string of the molecule is CCC(CC)(CO)CN(C)CC(C)(C)O. The molecule has 0 aromatic heterocycles. The minimum atomic E-state index is -0.669. The molecule has 3 heteroatoms. The van der Waals surface area contributed by atoms with E-state index in [9.17, 15) is 10.2 Å². The molecule has 2 N–H and O–H groups in total. The molecular formula is C12H27NO2. The fourth-order valence-corrected chi connectivity index (χ4v) is 2.04. The summed E-state index contributed by atoms with van der Waals surface area (Å²) in [6.07, 6.45) is 1.94. The lowest BCUT2D eigenvalue weighted by Crippen LogP contribution is -2.43. The van der Waals surface area contributed by atoms with Crippen LogP contribution in [0.2, 0.25) is 0 Å². The lowest BCUT2D eigenvalue weighted by Gasteiger charge is -2.36. The highest BCUT2D eigenvalue weighted by atomic mass is 16.3. The molecule has 0 spiro atoms. The Morgan fingerprint density at radius 2 is 1.53 bits per heavy atom. The van der Waals surface area contributed by atoms with Gasteiger partial charge in [0.25, 0.3) is 0 Å². The number of nitrogens with zero attached hydrogens (tertiary/aromatic N) is 1. The summed E-state index contributed by atoms with van der Waals surface area (Å²) in [5, 5.41) is 19.1. The van der Waals surface area contributed by atoms with Crippen molar-refractivity contribution in [1.82, 2.24) is 4.90 Å². The summed E-state index contributed by atoms with van der Waals surface area (Å²) >= 11 is 0. The first-order valence-corrected chi connectivity index (χ1v) is 5.80. The summed E-state index contributed by atoms with van der Waals surface area (Å²) in [5.41, 5.74) is -0.683. The Hall–Kier alpha value is -0.120. The van der Waals surface area contributed by atoms with Crippen LogP contribution in [0.25, 0.3) is 0 Å². The molecule has 0 aliphatic rings. The largest absolute Gasteiger partial charge is 0.396 e. The lowest BCUT2D eigenvalue weighted by molar-refractivity contribution is 0.0146. The third-order valence-electron chi connectivity index (χ3n) is 3.10. The molecule has 92 valence electrons. The van der Waals surface area contributed by atoms with Crippen LogP contribution in [0, 0.1) is 5.41 Å². The van der Waals surface area contributed by atoms with Crippen LogP contribution < -0.4 is 0 Å². The number of aliphatic hydroxyl groups excluding tert-OH is 1. The second-order valence-electron chi connectivity index (χ2n) is 5.35. The molecule has 0 bridgehead atoms. The Labute approximate surface area is 94.1 Å². The second kappa shape index (κ2) is 5.83. The van der Waals surface area contributed by atoms with Gasteiger partial charge >= 0.3 is 0 Å². The van der Waals surface area contributed by atoms with Gasteiger partial charge in [-0.05, 0) is 33.7 Å². The quantitative estimate of drug-likeness (QED) is 0.679. The van der Waals surface area contributed by atoms with Gasteiger partial charge in [0, 0.05) is 25.1 Å². The van der Waals surface area contributed by atoms with E-state index in [1.807, 2.05) is 20.9 Å². The number of rotatable bonds is 7. The van der Waals surface area contributed by atoms with Crippen LogP contribution in [0.5, 0.6) is 0 Å². The van der Waals surface area contributed by atoms with Crippen molar-refractivity contribution in [1.29, 1.82) is 0 Å². The predicted molar refractivity (Wildman–Crippen MR) is 63.9 cm³/mol. The van der Waals surface area contributed by atoms with E-state index in [0.29, 0.717) is 6.54 Å². The maximum absolute atomic E-state index is 9.70. The number of aliphatic hydroxyl groups is 2. The molecule has 0 amide bonds. The molecule has 0 radical (unpaired) electrons. The van der Waals surface area contributed by atoms with Gasteiger partial charge in [-0.2, -0.15) is 0 Å². The molecule has 0 saturated heterocycles. The Balaban J connectivity index is 4.29. The summed E-state index contributed by atoms with van der Waals surface area (Å²) in [5.74, 6) is 0. The van der Waals surface area contributed by atoms with Crippen molar-refractivity contribution in [2.24, 2.45) is 5.41 Å². The maximum atomic E-state index is 9.70. The normalized spacial score (nSPS) is 13.6. The molecule has 15 heavy (non-hydrogen) atoms. The van der Waals surface area contributed by atoms with Gasteiger partial charge in [0.05, 0.1) is 5.60 Å². The third-order valence-corrected chi connectivity index (χ3v) is 3.10. The highest BCUT2D eigenvalue weighted by molar-refractivity contribution is 4.81. The van der Waals surface area contributed by atoms with Crippen LogP contribution in [0.15, 0.2) is 0 Å².